The van der Waals surface area contributed by atoms with Gasteiger partial charge < -0.3 is 19.1 Å². The van der Waals surface area contributed by atoms with Crippen molar-refractivity contribution in [3.05, 3.63) is 71.8 Å². The van der Waals surface area contributed by atoms with Crippen LogP contribution in [-0.2, 0) is 16.0 Å². The number of nitrogens with zero attached hydrogens (tertiary/aromatic N) is 1. The summed E-state index contributed by atoms with van der Waals surface area (Å²) < 4.78 is 16.2. The van der Waals surface area contributed by atoms with Crippen LogP contribution in [0.4, 0.5) is 0 Å². The first-order chi connectivity index (χ1) is 16.1. The highest BCUT2D eigenvalue weighted by molar-refractivity contribution is 6.00. The van der Waals surface area contributed by atoms with Crippen molar-refractivity contribution < 1.29 is 23.8 Å². The molecule has 33 heavy (non-hydrogen) atoms. The van der Waals surface area contributed by atoms with E-state index in [1.807, 2.05) is 60.7 Å². The van der Waals surface area contributed by atoms with Crippen LogP contribution in [0.5, 0.6) is 11.5 Å². The van der Waals surface area contributed by atoms with Crippen molar-refractivity contribution in [2.75, 3.05) is 27.4 Å². The van der Waals surface area contributed by atoms with Crippen molar-refractivity contribution >= 4 is 22.6 Å². The number of esters is 1. The summed E-state index contributed by atoms with van der Waals surface area (Å²) in [5.41, 5.74) is 1.58. The molecule has 0 aromatic heterocycles. The lowest BCUT2D eigenvalue weighted by atomic mass is 10.00. The second kappa shape index (κ2) is 10.4. The topological polar surface area (TPSA) is 65.1 Å². The monoisotopic (exact) mass is 447 g/mol. The molecule has 3 aromatic rings. The van der Waals surface area contributed by atoms with Crippen LogP contribution in [0, 0.1) is 0 Å². The molecule has 4 rings (SSSR count). The molecule has 1 aliphatic rings. The molecule has 1 aliphatic heterocycles. The number of hydrogen-bond donors (Lipinski definition) is 0. The van der Waals surface area contributed by atoms with E-state index in [1.165, 1.54) is 0 Å². The average molecular weight is 448 g/mol. The maximum atomic E-state index is 13.3. The first kappa shape index (κ1) is 22.6. The molecular weight excluding hydrogens is 418 g/mol. The second-order valence-corrected chi connectivity index (χ2v) is 8.18. The first-order valence-electron chi connectivity index (χ1n) is 11.3. The maximum absolute atomic E-state index is 13.3. The molecule has 0 spiro atoms. The van der Waals surface area contributed by atoms with Gasteiger partial charge in [-0.05, 0) is 59.9 Å². The molecule has 1 heterocycles. The Morgan fingerprint density at radius 1 is 0.909 bits per heavy atom. The SMILES string of the molecule is COc1ccc(CCOC(=O)C2CCCCN2C(=O)c2ccc3ccccc3c2)cc1OC. The third kappa shape index (κ3) is 5.11. The second-order valence-electron chi connectivity index (χ2n) is 8.18. The van der Waals surface area contributed by atoms with Gasteiger partial charge in [-0.15, -0.1) is 0 Å². The Morgan fingerprint density at radius 3 is 2.48 bits per heavy atom. The molecule has 0 saturated carbocycles. The van der Waals surface area contributed by atoms with E-state index in [-0.39, 0.29) is 18.5 Å². The third-order valence-corrected chi connectivity index (χ3v) is 6.12. The molecule has 1 saturated heterocycles. The minimum Gasteiger partial charge on any atom is -0.493 e. The summed E-state index contributed by atoms with van der Waals surface area (Å²) in [6.45, 7) is 0.796. The fraction of sp³-hybridized carbons (Fsp3) is 0.333. The average Bonchev–Trinajstić information content (AvgIpc) is 2.87. The lowest BCUT2D eigenvalue weighted by Gasteiger charge is -2.34. The summed E-state index contributed by atoms with van der Waals surface area (Å²) in [6.07, 6.45) is 2.96. The number of hydrogen-bond acceptors (Lipinski definition) is 5. The van der Waals surface area contributed by atoms with Crippen LogP contribution in [0.25, 0.3) is 10.8 Å². The lowest BCUT2D eigenvalue weighted by Crippen LogP contribution is -2.48. The van der Waals surface area contributed by atoms with Gasteiger partial charge in [-0.1, -0.05) is 36.4 Å². The Labute approximate surface area is 194 Å². The van der Waals surface area contributed by atoms with Gasteiger partial charge in [0, 0.05) is 18.5 Å². The molecule has 0 radical (unpaired) electrons. The predicted molar refractivity (Wildman–Crippen MR) is 127 cm³/mol. The maximum Gasteiger partial charge on any atom is 0.328 e. The molecule has 0 N–H and O–H groups in total. The van der Waals surface area contributed by atoms with E-state index in [0.29, 0.717) is 36.4 Å². The molecule has 0 aliphatic carbocycles. The van der Waals surface area contributed by atoms with Crippen LogP contribution in [-0.4, -0.2) is 50.2 Å². The van der Waals surface area contributed by atoms with Gasteiger partial charge in [-0.25, -0.2) is 4.79 Å². The van der Waals surface area contributed by atoms with Crippen molar-refractivity contribution in [1.82, 2.24) is 4.90 Å². The Kier molecular flexibility index (Phi) is 7.13. The van der Waals surface area contributed by atoms with Crippen LogP contribution >= 0.6 is 0 Å². The summed E-state index contributed by atoms with van der Waals surface area (Å²) in [5, 5.41) is 2.09. The van der Waals surface area contributed by atoms with Crippen LogP contribution in [0.15, 0.2) is 60.7 Å². The van der Waals surface area contributed by atoms with Crippen molar-refractivity contribution in [3.8, 4) is 11.5 Å². The van der Waals surface area contributed by atoms with Crippen LogP contribution in [0.1, 0.15) is 35.2 Å². The van der Waals surface area contributed by atoms with Gasteiger partial charge >= 0.3 is 5.97 Å². The van der Waals surface area contributed by atoms with E-state index in [1.54, 1.807) is 19.1 Å². The molecule has 6 heteroatoms. The third-order valence-electron chi connectivity index (χ3n) is 6.12. The predicted octanol–water partition coefficient (Wildman–Crippen LogP) is 4.64. The van der Waals surface area contributed by atoms with Gasteiger partial charge in [-0.3, -0.25) is 4.79 Å². The van der Waals surface area contributed by atoms with Gasteiger partial charge in [-0.2, -0.15) is 0 Å². The standard InChI is InChI=1S/C27H29NO5/c1-31-24-13-10-19(17-25(24)32-2)14-16-33-27(30)23-9-5-6-15-28(23)26(29)22-12-11-20-7-3-4-8-21(20)18-22/h3-4,7-8,10-13,17-18,23H,5-6,9,14-16H2,1-2H3. The molecule has 1 amide bonds. The normalized spacial score (nSPS) is 15.8. The van der Waals surface area contributed by atoms with Gasteiger partial charge in [0.1, 0.15) is 6.04 Å². The van der Waals surface area contributed by atoms with Crippen LogP contribution in [0.3, 0.4) is 0 Å². The number of methoxy groups -OCH3 is 2. The molecule has 1 atom stereocenters. The lowest BCUT2D eigenvalue weighted by molar-refractivity contribution is -0.150. The Morgan fingerprint density at radius 2 is 1.70 bits per heavy atom. The number of ether oxygens (including phenoxy) is 3. The molecule has 3 aromatic carbocycles. The van der Waals surface area contributed by atoms with E-state index in [0.717, 1.165) is 29.2 Å². The summed E-state index contributed by atoms with van der Waals surface area (Å²) in [7, 11) is 3.18. The first-order valence-corrected chi connectivity index (χ1v) is 11.3. The zero-order chi connectivity index (χ0) is 23.2. The highest BCUT2D eigenvalue weighted by atomic mass is 16.5. The Balaban J connectivity index is 1.41. The largest absolute Gasteiger partial charge is 0.493 e. The number of fused-ring (bicyclic) bond motifs is 1. The number of rotatable bonds is 7. The number of carbonyl (C=O) groups is 2. The van der Waals surface area contributed by atoms with Gasteiger partial charge in [0.05, 0.1) is 20.8 Å². The number of amides is 1. The molecule has 1 unspecified atom stereocenters. The van der Waals surface area contributed by atoms with Crippen molar-refractivity contribution in [2.24, 2.45) is 0 Å². The van der Waals surface area contributed by atoms with E-state index < -0.39 is 6.04 Å². The van der Waals surface area contributed by atoms with Crippen LogP contribution < -0.4 is 9.47 Å². The molecule has 1 fully saturated rings. The Hall–Kier alpha value is -3.54. The Bertz CT molecular complexity index is 1140. The van der Waals surface area contributed by atoms with E-state index >= 15 is 0 Å². The van der Waals surface area contributed by atoms with Gasteiger partial charge in [0.15, 0.2) is 11.5 Å². The minimum atomic E-state index is -0.553. The summed E-state index contributed by atoms with van der Waals surface area (Å²) >= 11 is 0. The number of likely N-dealkylation sites (tertiary alicyclic amines) is 1. The van der Waals surface area contributed by atoms with Gasteiger partial charge in [0.25, 0.3) is 5.91 Å². The number of benzene rings is 3. The molecule has 0 bridgehead atoms. The fourth-order valence-corrected chi connectivity index (χ4v) is 4.31. The smallest absolute Gasteiger partial charge is 0.328 e. The van der Waals surface area contributed by atoms with E-state index in [4.69, 9.17) is 14.2 Å². The zero-order valence-electron chi connectivity index (χ0n) is 19.1. The highest BCUT2D eigenvalue weighted by Gasteiger charge is 2.33. The van der Waals surface area contributed by atoms with E-state index in [9.17, 15) is 9.59 Å². The fourth-order valence-electron chi connectivity index (χ4n) is 4.31. The van der Waals surface area contributed by atoms with Crippen molar-refractivity contribution in [2.45, 2.75) is 31.7 Å². The van der Waals surface area contributed by atoms with Crippen molar-refractivity contribution in [3.63, 3.8) is 0 Å². The minimum absolute atomic E-state index is 0.123. The van der Waals surface area contributed by atoms with Crippen molar-refractivity contribution in [1.29, 1.82) is 0 Å². The molecular formula is C27H29NO5. The van der Waals surface area contributed by atoms with E-state index in [2.05, 4.69) is 0 Å². The summed E-state index contributed by atoms with van der Waals surface area (Å²) in [6, 6.07) is 18.7. The zero-order valence-corrected chi connectivity index (χ0v) is 19.1. The summed E-state index contributed by atoms with van der Waals surface area (Å²) in [4.78, 5) is 27.9. The highest BCUT2D eigenvalue weighted by Crippen LogP contribution is 2.28. The molecule has 6 nitrogen and oxygen atoms in total. The number of piperidine rings is 1. The summed E-state index contributed by atoms with van der Waals surface area (Å²) in [5.74, 6) is 0.829. The number of carbonyl (C=O) groups excluding carboxylic acids is 2. The quantitative estimate of drug-likeness (QED) is 0.494. The van der Waals surface area contributed by atoms with Gasteiger partial charge in [0.2, 0.25) is 0 Å². The van der Waals surface area contributed by atoms with Crippen LogP contribution in [0.2, 0.25) is 0 Å². The molecule has 172 valence electrons.